The van der Waals surface area contributed by atoms with Crippen LogP contribution < -0.4 is 16.0 Å². The average Bonchev–Trinajstić information content (AvgIpc) is 3.16. The van der Waals surface area contributed by atoms with Crippen LogP contribution in [0.3, 0.4) is 0 Å². The molecule has 0 saturated heterocycles. The standard InChI is InChI=1S/C19H16ClN3O3/c20-14-3-1-4-16(11-14)23-19(25)21-12-13-6-8-15(9-7-13)22-18(24)17-5-2-10-26-17/h1-11H,12H2,(H,22,24)(H2,21,23,25). The summed E-state index contributed by atoms with van der Waals surface area (Å²) in [5, 5.41) is 8.74. The van der Waals surface area contributed by atoms with Gasteiger partial charge in [0, 0.05) is 22.9 Å². The van der Waals surface area contributed by atoms with Gasteiger partial charge in [0.2, 0.25) is 0 Å². The molecule has 0 saturated carbocycles. The Balaban J connectivity index is 1.49. The molecule has 6 nitrogen and oxygen atoms in total. The number of furan rings is 1. The molecule has 3 N–H and O–H groups in total. The lowest BCUT2D eigenvalue weighted by atomic mass is 10.2. The smallest absolute Gasteiger partial charge is 0.319 e. The van der Waals surface area contributed by atoms with Crippen molar-refractivity contribution in [2.24, 2.45) is 0 Å². The van der Waals surface area contributed by atoms with E-state index in [2.05, 4.69) is 16.0 Å². The summed E-state index contributed by atoms with van der Waals surface area (Å²) in [4.78, 5) is 23.8. The number of hydrogen-bond acceptors (Lipinski definition) is 3. The van der Waals surface area contributed by atoms with Gasteiger partial charge in [0.1, 0.15) is 0 Å². The monoisotopic (exact) mass is 369 g/mol. The highest BCUT2D eigenvalue weighted by molar-refractivity contribution is 6.30. The van der Waals surface area contributed by atoms with E-state index in [4.69, 9.17) is 16.0 Å². The van der Waals surface area contributed by atoms with E-state index < -0.39 is 0 Å². The molecule has 0 fully saturated rings. The van der Waals surface area contributed by atoms with Crippen LogP contribution in [0, 0.1) is 0 Å². The van der Waals surface area contributed by atoms with Gasteiger partial charge in [-0.1, -0.05) is 29.8 Å². The van der Waals surface area contributed by atoms with Gasteiger partial charge in [-0.3, -0.25) is 4.79 Å². The largest absolute Gasteiger partial charge is 0.459 e. The van der Waals surface area contributed by atoms with Crippen molar-refractivity contribution in [3.05, 3.63) is 83.3 Å². The van der Waals surface area contributed by atoms with E-state index in [9.17, 15) is 9.59 Å². The van der Waals surface area contributed by atoms with Crippen molar-refractivity contribution >= 4 is 34.9 Å². The van der Waals surface area contributed by atoms with Crippen LogP contribution in [-0.4, -0.2) is 11.9 Å². The first kappa shape index (κ1) is 17.6. The van der Waals surface area contributed by atoms with Gasteiger partial charge < -0.3 is 20.4 Å². The van der Waals surface area contributed by atoms with Crippen molar-refractivity contribution in [3.63, 3.8) is 0 Å². The molecule has 1 aromatic heterocycles. The second-order valence-corrected chi connectivity index (χ2v) is 5.88. The molecule has 3 aromatic rings. The van der Waals surface area contributed by atoms with Gasteiger partial charge in [-0.05, 0) is 48.0 Å². The van der Waals surface area contributed by atoms with Crippen LogP contribution >= 0.6 is 11.6 Å². The molecule has 0 radical (unpaired) electrons. The number of hydrogen-bond donors (Lipinski definition) is 3. The molecule has 0 bridgehead atoms. The highest BCUT2D eigenvalue weighted by Gasteiger charge is 2.08. The summed E-state index contributed by atoms with van der Waals surface area (Å²) in [6, 6.07) is 17.0. The average molecular weight is 370 g/mol. The van der Waals surface area contributed by atoms with Crippen LogP contribution in [0.2, 0.25) is 5.02 Å². The molecule has 2 aromatic carbocycles. The number of halogens is 1. The van der Waals surface area contributed by atoms with Crippen molar-refractivity contribution in [1.29, 1.82) is 0 Å². The molecule has 132 valence electrons. The molecule has 0 spiro atoms. The maximum Gasteiger partial charge on any atom is 0.319 e. The topological polar surface area (TPSA) is 83.4 Å². The van der Waals surface area contributed by atoms with Crippen molar-refractivity contribution in [3.8, 4) is 0 Å². The number of benzene rings is 2. The molecule has 3 amide bonds. The number of anilines is 2. The number of carbonyl (C=O) groups is 2. The summed E-state index contributed by atoms with van der Waals surface area (Å²) >= 11 is 5.88. The Morgan fingerprint density at radius 2 is 1.73 bits per heavy atom. The fraction of sp³-hybridized carbons (Fsp3) is 0.0526. The van der Waals surface area contributed by atoms with E-state index in [1.807, 2.05) is 12.1 Å². The third-order valence-corrected chi connectivity index (χ3v) is 3.73. The normalized spacial score (nSPS) is 10.2. The molecule has 3 rings (SSSR count). The van der Waals surface area contributed by atoms with Gasteiger partial charge in [0.15, 0.2) is 5.76 Å². The minimum atomic E-state index is -0.331. The van der Waals surface area contributed by atoms with Crippen LogP contribution in [0.1, 0.15) is 16.1 Å². The summed E-state index contributed by atoms with van der Waals surface area (Å²) in [6.07, 6.45) is 1.44. The minimum absolute atomic E-state index is 0.244. The predicted octanol–water partition coefficient (Wildman–Crippen LogP) is 4.51. The van der Waals surface area contributed by atoms with Gasteiger partial charge in [0.25, 0.3) is 5.91 Å². The molecule has 7 heteroatoms. The second-order valence-electron chi connectivity index (χ2n) is 5.45. The summed E-state index contributed by atoms with van der Waals surface area (Å²) in [6.45, 7) is 0.346. The number of urea groups is 1. The maximum atomic E-state index is 11.9. The van der Waals surface area contributed by atoms with E-state index >= 15 is 0 Å². The molecule has 0 unspecified atom stereocenters. The van der Waals surface area contributed by atoms with E-state index in [1.54, 1.807) is 48.5 Å². The molecule has 0 atom stereocenters. The first-order valence-electron chi connectivity index (χ1n) is 7.84. The Morgan fingerprint density at radius 3 is 2.42 bits per heavy atom. The van der Waals surface area contributed by atoms with E-state index in [-0.39, 0.29) is 17.7 Å². The summed E-state index contributed by atoms with van der Waals surface area (Å²) in [5.74, 6) is -0.0739. The van der Waals surface area contributed by atoms with Crippen molar-refractivity contribution in [2.75, 3.05) is 10.6 Å². The Morgan fingerprint density at radius 1 is 0.923 bits per heavy atom. The van der Waals surface area contributed by atoms with Gasteiger partial charge in [-0.15, -0.1) is 0 Å². The van der Waals surface area contributed by atoms with Gasteiger partial charge in [-0.25, -0.2) is 4.79 Å². The zero-order valence-corrected chi connectivity index (χ0v) is 14.4. The molecular weight excluding hydrogens is 354 g/mol. The number of carbonyl (C=O) groups excluding carboxylic acids is 2. The fourth-order valence-electron chi connectivity index (χ4n) is 2.23. The Labute approximate surface area is 155 Å². The van der Waals surface area contributed by atoms with Gasteiger partial charge in [0.05, 0.1) is 6.26 Å². The van der Waals surface area contributed by atoms with Crippen molar-refractivity contribution < 1.29 is 14.0 Å². The highest BCUT2D eigenvalue weighted by Crippen LogP contribution is 2.15. The Kier molecular flexibility index (Phi) is 5.56. The zero-order valence-electron chi connectivity index (χ0n) is 13.7. The number of nitrogens with one attached hydrogen (secondary N) is 3. The quantitative estimate of drug-likeness (QED) is 0.618. The number of rotatable bonds is 5. The number of amides is 3. The van der Waals surface area contributed by atoms with Gasteiger partial charge in [-0.2, -0.15) is 0 Å². The van der Waals surface area contributed by atoms with Crippen molar-refractivity contribution in [1.82, 2.24) is 5.32 Å². The van der Waals surface area contributed by atoms with Crippen LogP contribution in [0.5, 0.6) is 0 Å². The van der Waals surface area contributed by atoms with Crippen LogP contribution in [0.25, 0.3) is 0 Å². The van der Waals surface area contributed by atoms with Crippen LogP contribution in [-0.2, 0) is 6.54 Å². The predicted molar refractivity (Wildman–Crippen MR) is 100 cm³/mol. The summed E-state index contributed by atoms with van der Waals surface area (Å²) in [5.41, 5.74) is 2.15. The molecule has 26 heavy (non-hydrogen) atoms. The molecule has 0 aliphatic carbocycles. The lowest BCUT2D eigenvalue weighted by Crippen LogP contribution is -2.28. The summed E-state index contributed by atoms with van der Waals surface area (Å²) < 4.78 is 5.04. The minimum Gasteiger partial charge on any atom is -0.459 e. The lowest BCUT2D eigenvalue weighted by Gasteiger charge is -2.09. The lowest BCUT2D eigenvalue weighted by molar-refractivity contribution is 0.0996. The fourth-order valence-corrected chi connectivity index (χ4v) is 2.42. The summed E-state index contributed by atoms with van der Waals surface area (Å²) in [7, 11) is 0. The third kappa shape index (κ3) is 4.87. The SMILES string of the molecule is O=C(NCc1ccc(NC(=O)c2ccco2)cc1)Nc1cccc(Cl)c1. The van der Waals surface area contributed by atoms with E-state index in [1.165, 1.54) is 6.26 Å². The maximum absolute atomic E-state index is 11.9. The van der Waals surface area contributed by atoms with Gasteiger partial charge >= 0.3 is 6.03 Å². The third-order valence-electron chi connectivity index (χ3n) is 3.49. The molecule has 0 aliphatic heterocycles. The van der Waals surface area contributed by atoms with Crippen LogP contribution in [0.15, 0.2) is 71.3 Å². The molecular formula is C19H16ClN3O3. The van der Waals surface area contributed by atoms with Crippen molar-refractivity contribution in [2.45, 2.75) is 6.54 Å². The van der Waals surface area contributed by atoms with Crippen LogP contribution in [0.4, 0.5) is 16.2 Å². The van der Waals surface area contributed by atoms with E-state index in [0.29, 0.717) is 22.9 Å². The highest BCUT2D eigenvalue weighted by atomic mass is 35.5. The Bertz CT molecular complexity index is 893. The van der Waals surface area contributed by atoms with E-state index in [0.717, 1.165) is 5.56 Å². The second kappa shape index (κ2) is 8.22. The zero-order chi connectivity index (χ0) is 18.4. The molecule has 1 heterocycles. The first-order valence-corrected chi connectivity index (χ1v) is 8.22. The first-order chi connectivity index (χ1) is 12.6. The Hall–Kier alpha value is -3.25. The molecule has 0 aliphatic rings.